The number of methoxy groups -OCH3 is 1. The van der Waals surface area contributed by atoms with Crippen LogP contribution in [0.5, 0.6) is 0 Å². The molecule has 0 aromatic carbocycles. The topological polar surface area (TPSA) is 107 Å². The van der Waals surface area contributed by atoms with Crippen LogP contribution in [0, 0.1) is 0 Å². The van der Waals surface area contributed by atoms with Gasteiger partial charge in [0.15, 0.2) is 0 Å². The van der Waals surface area contributed by atoms with Crippen LogP contribution in [0.4, 0.5) is 0 Å². The molecule has 10 heteroatoms. The largest absolute Gasteiger partial charge is 0.467 e. The lowest BCUT2D eigenvalue weighted by atomic mass is 10.2. The Morgan fingerprint density at radius 1 is 1.30 bits per heavy atom. The molecule has 1 N–H and O–H groups in total. The molecule has 4 rings (SSSR count). The number of furan rings is 1. The minimum absolute atomic E-state index is 0.156. The van der Waals surface area contributed by atoms with Crippen molar-refractivity contribution in [2.45, 2.75) is 32.6 Å². The van der Waals surface area contributed by atoms with E-state index in [9.17, 15) is 9.59 Å². The van der Waals surface area contributed by atoms with Gasteiger partial charge in [-0.15, -0.1) is 0 Å². The fraction of sp³-hybridized carbons (Fsp3) is 0.400. The van der Waals surface area contributed by atoms with Crippen molar-refractivity contribution in [3.05, 3.63) is 59.8 Å². The van der Waals surface area contributed by atoms with E-state index in [-0.39, 0.29) is 17.9 Å². The highest BCUT2D eigenvalue weighted by Crippen LogP contribution is 2.26. The molecule has 0 radical (unpaired) electrons. The first-order valence-corrected chi connectivity index (χ1v) is 9.78. The summed E-state index contributed by atoms with van der Waals surface area (Å²) < 4.78 is 13.9. The molecule has 4 heterocycles. The van der Waals surface area contributed by atoms with Gasteiger partial charge in [-0.2, -0.15) is 5.10 Å². The number of nitrogens with one attached hydrogen (secondary N) is 1. The number of hydrogen-bond acceptors (Lipinski definition) is 6. The van der Waals surface area contributed by atoms with Gasteiger partial charge < -0.3 is 23.9 Å². The molecule has 0 aliphatic carbocycles. The van der Waals surface area contributed by atoms with Gasteiger partial charge in [0.05, 0.1) is 32.0 Å². The van der Waals surface area contributed by atoms with Crippen molar-refractivity contribution < 1.29 is 18.7 Å². The van der Waals surface area contributed by atoms with Gasteiger partial charge in [0.1, 0.15) is 23.0 Å². The highest BCUT2D eigenvalue weighted by atomic mass is 16.5. The number of fused-ring (bicyclic) bond motifs is 1. The van der Waals surface area contributed by atoms with E-state index >= 15 is 0 Å². The summed E-state index contributed by atoms with van der Waals surface area (Å²) in [7, 11) is 1.62. The van der Waals surface area contributed by atoms with Gasteiger partial charge in [0.2, 0.25) is 0 Å². The quantitative estimate of drug-likeness (QED) is 0.630. The average molecular weight is 412 g/mol. The SMILES string of the molecule is COCCn1ccc(C(=O)N2CCn3cc(C(=O)NCc4ccco4)nc3[C@@H]2C)n1. The number of nitrogens with zero attached hydrogens (tertiary/aromatic N) is 5. The second-order valence-electron chi connectivity index (χ2n) is 7.07. The van der Waals surface area contributed by atoms with Gasteiger partial charge >= 0.3 is 0 Å². The van der Waals surface area contributed by atoms with Crippen LogP contribution in [0.25, 0.3) is 0 Å². The predicted molar refractivity (Wildman–Crippen MR) is 106 cm³/mol. The second kappa shape index (κ2) is 8.54. The molecule has 1 aliphatic heterocycles. The Labute approximate surface area is 173 Å². The zero-order valence-electron chi connectivity index (χ0n) is 16.9. The molecule has 0 unspecified atom stereocenters. The summed E-state index contributed by atoms with van der Waals surface area (Å²) in [6.07, 6.45) is 5.05. The van der Waals surface area contributed by atoms with Crippen molar-refractivity contribution in [1.29, 1.82) is 0 Å². The van der Waals surface area contributed by atoms with E-state index in [1.807, 2.05) is 11.5 Å². The Hall–Kier alpha value is -3.40. The number of carbonyl (C=O) groups is 2. The Balaban J connectivity index is 1.44. The van der Waals surface area contributed by atoms with Gasteiger partial charge in [-0.25, -0.2) is 4.98 Å². The molecule has 158 valence electrons. The highest BCUT2D eigenvalue weighted by molar-refractivity contribution is 5.93. The van der Waals surface area contributed by atoms with Crippen LogP contribution in [0.3, 0.4) is 0 Å². The van der Waals surface area contributed by atoms with Crippen LogP contribution >= 0.6 is 0 Å². The maximum Gasteiger partial charge on any atom is 0.275 e. The van der Waals surface area contributed by atoms with Gasteiger partial charge in [-0.05, 0) is 25.1 Å². The first-order valence-electron chi connectivity index (χ1n) is 9.78. The van der Waals surface area contributed by atoms with Crippen molar-refractivity contribution in [2.24, 2.45) is 0 Å². The van der Waals surface area contributed by atoms with E-state index in [0.29, 0.717) is 55.8 Å². The molecule has 0 saturated carbocycles. The third kappa shape index (κ3) is 3.99. The first-order chi connectivity index (χ1) is 14.6. The lowest BCUT2D eigenvalue weighted by molar-refractivity contribution is 0.0630. The molecule has 10 nitrogen and oxygen atoms in total. The smallest absolute Gasteiger partial charge is 0.275 e. The number of amides is 2. The third-order valence-corrected chi connectivity index (χ3v) is 5.11. The summed E-state index contributed by atoms with van der Waals surface area (Å²) in [5.41, 5.74) is 0.705. The van der Waals surface area contributed by atoms with E-state index in [4.69, 9.17) is 9.15 Å². The van der Waals surface area contributed by atoms with E-state index in [2.05, 4.69) is 15.4 Å². The minimum Gasteiger partial charge on any atom is -0.467 e. The fourth-order valence-electron chi connectivity index (χ4n) is 3.48. The average Bonchev–Trinajstić information content (AvgIpc) is 3.51. The van der Waals surface area contributed by atoms with Crippen molar-refractivity contribution in [1.82, 2.24) is 29.5 Å². The molecule has 1 atom stereocenters. The maximum atomic E-state index is 13.0. The van der Waals surface area contributed by atoms with Crippen molar-refractivity contribution >= 4 is 11.8 Å². The van der Waals surface area contributed by atoms with Gasteiger partial charge in [-0.3, -0.25) is 14.3 Å². The molecule has 0 bridgehead atoms. The molecular formula is C20H24N6O4. The Bertz CT molecular complexity index is 1020. The van der Waals surface area contributed by atoms with Crippen molar-refractivity contribution in [3.8, 4) is 0 Å². The number of carbonyl (C=O) groups excluding carboxylic acids is 2. The number of rotatable bonds is 7. The van der Waals surface area contributed by atoms with Crippen LogP contribution < -0.4 is 5.32 Å². The summed E-state index contributed by atoms with van der Waals surface area (Å²) >= 11 is 0. The minimum atomic E-state index is -0.282. The number of ether oxygens (including phenoxy) is 1. The van der Waals surface area contributed by atoms with Crippen LogP contribution in [-0.4, -0.2) is 56.3 Å². The van der Waals surface area contributed by atoms with Gasteiger partial charge in [0, 0.05) is 32.6 Å². The molecule has 0 saturated heterocycles. The summed E-state index contributed by atoms with van der Waals surface area (Å²) in [6, 6.07) is 4.99. The molecule has 30 heavy (non-hydrogen) atoms. The van der Waals surface area contributed by atoms with E-state index < -0.39 is 0 Å². The fourth-order valence-corrected chi connectivity index (χ4v) is 3.48. The molecular weight excluding hydrogens is 388 g/mol. The highest BCUT2D eigenvalue weighted by Gasteiger charge is 2.32. The third-order valence-electron chi connectivity index (χ3n) is 5.11. The van der Waals surface area contributed by atoms with E-state index in [1.165, 1.54) is 0 Å². The van der Waals surface area contributed by atoms with E-state index in [0.717, 1.165) is 0 Å². The Kier molecular flexibility index (Phi) is 5.66. The maximum absolute atomic E-state index is 13.0. The second-order valence-corrected chi connectivity index (χ2v) is 7.07. The predicted octanol–water partition coefficient (Wildman–Crippen LogP) is 1.47. The lowest BCUT2D eigenvalue weighted by Crippen LogP contribution is -2.41. The normalized spacial score (nSPS) is 15.8. The zero-order valence-corrected chi connectivity index (χ0v) is 16.9. The van der Waals surface area contributed by atoms with Crippen molar-refractivity contribution in [2.75, 3.05) is 20.3 Å². The summed E-state index contributed by atoms with van der Waals surface area (Å²) in [4.78, 5) is 31.7. The molecule has 1 aliphatic rings. The first kappa shape index (κ1) is 19.9. The van der Waals surface area contributed by atoms with Crippen LogP contribution in [0.2, 0.25) is 0 Å². The molecule has 0 spiro atoms. The standard InChI is InChI=1S/C20H24N6O4/c1-14-18-22-17(19(27)21-12-15-4-3-10-30-15)13-24(18)7-8-26(14)20(28)16-5-6-25(23-16)9-11-29-2/h3-6,10,13-14H,7-9,11-12H2,1-2H3,(H,21,27)/t14-/m0/s1. The zero-order chi connectivity index (χ0) is 21.1. The van der Waals surface area contributed by atoms with Crippen LogP contribution in [0.15, 0.2) is 41.3 Å². The molecule has 0 fully saturated rings. The van der Waals surface area contributed by atoms with Gasteiger partial charge in [-0.1, -0.05) is 0 Å². The Morgan fingerprint density at radius 2 is 2.17 bits per heavy atom. The summed E-state index contributed by atoms with van der Waals surface area (Å²) in [6.45, 7) is 4.39. The molecule has 2 amide bonds. The van der Waals surface area contributed by atoms with Gasteiger partial charge in [0.25, 0.3) is 11.8 Å². The lowest BCUT2D eigenvalue weighted by Gasteiger charge is -2.33. The molecule has 3 aromatic heterocycles. The van der Waals surface area contributed by atoms with Crippen molar-refractivity contribution in [3.63, 3.8) is 0 Å². The summed E-state index contributed by atoms with van der Waals surface area (Å²) in [5.74, 6) is 0.908. The Morgan fingerprint density at radius 3 is 2.93 bits per heavy atom. The monoisotopic (exact) mass is 412 g/mol. The number of imidazole rings is 1. The number of hydrogen-bond donors (Lipinski definition) is 1. The molecule has 3 aromatic rings. The van der Waals surface area contributed by atoms with Crippen LogP contribution in [0.1, 0.15) is 45.5 Å². The summed E-state index contributed by atoms with van der Waals surface area (Å²) in [5, 5.41) is 7.13. The van der Waals surface area contributed by atoms with Crippen LogP contribution in [-0.2, 0) is 24.4 Å². The van der Waals surface area contributed by atoms with E-state index in [1.54, 1.807) is 53.5 Å². The number of aromatic nitrogens is 4.